The van der Waals surface area contributed by atoms with Crippen molar-refractivity contribution in [2.45, 2.75) is 43.8 Å². The Morgan fingerprint density at radius 2 is 2.04 bits per heavy atom. The van der Waals surface area contributed by atoms with E-state index in [2.05, 4.69) is 15.0 Å². The number of H-pyrrole nitrogens is 1. The highest BCUT2D eigenvalue weighted by molar-refractivity contribution is 7.51. The van der Waals surface area contributed by atoms with Gasteiger partial charge in [-0.05, 0) is 12.8 Å². The molecule has 144 valence electrons. The van der Waals surface area contributed by atoms with Crippen LogP contribution in [0.5, 0.6) is 0 Å². The zero-order valence-corrected chi connectivity index (χ0v) is 14.5. The number of nitrogens with two attached hydrogens (primary N) is 1. The summed E-state index contributed by atoms with van der Waals surface area (Å²) < 4.78 is 17.9. The number of ether oxygens (including phenoxy) is 1. The number of anilines is 1. The van der Waals surface area contributed by atoms with Crippen molar-refractivity contribution in [3.63, 3.8) is 0 Å². The first-order valence-corrected chi connectivity index (χ1v) is 9.75. The van der Waals surface area contributed by atoms with Crippen LogP contribution < -0.4 is 11.3 Å². The van der Waals surface area contributed by atoms with Crippen LogP contribution in [0, 0.1) is 0 Å². The standard InChI is InChI=1S/C13H20N5O7P/c14-13-16-10-7(11(21)17-13)15-5-18(10)12-9(20)8(19)6(25-12)3-1-2-4-26(22,23)24/h5-6,8-9,12,19-20H,1-4H2,(H2,22,23,24)(H3,14,16,17,21)/t6-,8-,9-,12-/m1/s1. The van der Waals surface area contributed by atoms with Gasteiger partial charge in [0.2, 0.25) is 5.95 Å². The molecular weight excluding hydrogens is 369 g/mol. The molecule has 7 N–H and O–H groups in total. The fourth-order valence-electron chi connectivity index (χ4n) is 2.99. The van der Waals surface area contributed by atoms with Gasteiger partial charge in [-0.3, -0.25) is 18.9 Å². The number of nitrogens with zero attached hydrogens (tertiary/aromatic N) is 3. The molecule has 26 heavy (non-hydrogen) atoms. The average molecular weight is 389 g/mol. The zero-order valence-electron chi connectivity index (χ0n) is 13.6. The number of aromatic amines is 1. The van der Waals surface area contributed by atoms with Gasteiger partial charge in [0.25, 0.3) is 5.56 Å². The minimum Gasteiger partial charge on any atom is -0.388 e. The van der Waals surface area contributed by atoms with E-state index >= 15 is 0 Å². The molecule has 1 saturated heterocycles. The topological polar surface area (TPSA) is 197 Å². The summed E-state index contributed by atoms with van der Waals surface area (Å²) in [5.41, 5.74) is 5.14. The third-order valence-electron chi connectivity index (χ3n) is 4.25. The first kappa shape index (κ1) is 19.0. The summed E-state index contributed by atoms with van der Waals surface area (Å²) in [7, 11) is -4.06. The fraction of sp³-hybridized carbons (Fsp3) is 0.615. The SMILES string of the molecule is Nc1nc2c(ncn2[C@@H]2O[C@H](CCCCP(=O)(O)O)[C@@H](O)[C@H]2O)c(=O)[nH]1. The highest BCUT2D eigenvalue weighted by Gasteiger charge is 2.44. The summed E-state index contributed by atoms with van der Waals surface area (Å²) in [5, 5.41) is 20.5. The van der Waals surface area contributed by atoms with Crippen molar-refractivity contribution in [2.24, 2.45) is 0 Å². The van der Waals surface area contributed by atoms with Crippen molar-refractivity contribution in [2.75, 3.05) is 11.9 Å². The first-order chi connectivity index (χ1) is 12.2. The van der Waals surface area contributed by atoms with Crippen LogP contribution in [0.25, 0.3) is 11.2 Å². The number of aliphatic hydroxyl groups is 2. The normalized spacial score (nSPS) is 26.6. The van der Waals surface area contributed by atoms with Gasteiger partial charge in [-0.2, -0.15) is 4.98 Å². The molecule has 0 unspecified atom stereocenters. The van der Waals surface area contributed by atoms with Crippen molar-refractivity contribution in [3.8, 4) is 0 Å². The van der Waals surface area contributed by atoms with Crippen LogP contribution in [0.3, 0.4) is 0 Å². The van der Waals surface area contributed by atoms with Gasteiger partial charge < -0.3 is 30.5 Å². The van der Waals surface area contributed by atoms with Crippen LogP contribution in [0.2, 0.25) is 0 Å². The molecule has 3 rings (SSSR count). The van der Waals surface area contributed by atoms with Crippen molar-refractivity contribution in [1.29, 1.82) is 0 Å². The Morgan fingerprint density at radius 3 is 2.73 bits per heavy atom. The van der Waals surface area contributed by atoms with Crippen molar-refractivity contribution < 1.29 is 29.3 Å². The number of imidazole rings is 1. The first-order valence-electron chi connectivity index (χ1n) is 7.96. The highest BCUT2D eigenvalue weighted by atomic mass is 31.2. The van der Waals surface area contributed by atoms with E-state index in [1.165, 1.54) is 10.9 Å². The lowest BCUT2D eigenvalue weighted by Gasteiger charge is -2.16. The van der Waals surface area contributed by atoms with E-state index < -0.39 is 37.7 Å². The van der Waals surface area contributed by atoms with Gasteiger partial charge in [0.15, 0.2) is 17.4 Å². The van der Waals surface area contributed by atoms with Crippen LogP contribution in [0.15, 0.2) is 11.1 Å². The van der Waals surface area contributed by atoms with Crippen LogP contribution >= 0.6 is 7.60 Å². The Balaban J connectivity index is 1.74. The molecule has 4 atom stereocenters. The van der Waals surface area contributed by atoms with Gasteiger partial charge in [-0.1, -0.05) is 6.42 Å². The number of unbranched alkanes of at least 4 members (excludes halogenated alkanes) is 1. The zero-order chi connectivity index (χ0) is 19.1. The second-order valence-corrected chi connectivity index (χ2v) is 7.98. The number of rotatable bonds is 6. The lowest BCUT2D eigenvalue weighted by Crippen LogP contribution is -2.31. The Bertz CT molecular complexity index is 893. The quantitative estimate of drug-likeness (QED) is 0.254. The summed E-state index contributed by atoms with van der Waals surface area (Å²) in [6, 6.07) is 0. The molecule has 1 aliphatic rings. The second kappa shape index (κ2) is 7.06. The van der Waals surface area contributed by atoms with Gasteiger partial charge in [-0.25, -0.2) is 4.98 Å². The summed E-state index contributed by atoms with van der Waals surface area (Å²) in [5.74, 6) is -0.119. The van der Waals surface area contributed by atoms with Crippen LogP contribution in [0.4, 0.5) is 5.95 Å². The Morgan fingerprint density at radius 1 is 1.31 bits per heavy atom. The number of nitrogens with one attached hydrogen (secondary N) is 1. The van der Waals surface area contributed by atoms with E-state index in [1.807, 2.05) is 0 Å². The van der Waals surface area contributed by atoms with Gasteiger partial charge in [0.05, 0.1) is 12.4 Å². The molecule has 0 radical (unpaired) electrons. The van der Waals surface area contributed by atoms with E-state index in [1.54, 1.807) is 0 Å². The molecule has 1 aliphatic heterocycles. The smallest absolute Gasteiger partial charge is 0.325 e. The average Bonchev–Trinajstić information content (AvgIpc) is 3.06. The molecule has 0 spiro atoms. The van der Waals surface area contributed by atoms with E-state index in [0.717, 1.165) is 0 Å². The molecule has 2 aromatic rings. The molecule has 0 saturated carbocycles. The Kier molecular flexibility index (Phi) is 5.15. The monoisotopic (exact) mass is 389 g/mol. The molecule has 0 amide bonds. The van der Waals surface area contributed by atoms with E-state index in [9.17, 15) is 19.6 Å². The summed E-state index contributed by atoms with van der Waals surface area (Å²) in [6.07, 6.45) is -2.26. The molecule has 1 fully saturated rings. The summed E-state index contributed by atoms with van der Waals surface area (Å²) in [6.45, 7) is 0. The van der Waals surface area contributed by atoms with Gasteiger partial charge in [0, 0.05) is 6.16 Å². The minimum absolute atomic E-state index is 0.0228. The molecular formula is C13H20N5O7P. The predicted molar refractivity (Wildman–Crippen MR) is 89.2 cm³/mol. The van der Waals surface area contributed by atoms with Gasteiger partial charge in [0.1, 0.15) is 12.2 Å². The lowest BCUT2D eigenvalue weighted by atomic mass is 10.1. The van der Waals surface area contributed by atoms with Crippen LogP contribution in [0.1, 0.15) is 25.5 Å². The number of aliphatic hydroxyl groups excluding tert-OH is 2. The Hall–Kier alpha value is -1.82. The van der Waals surface area contributed by atoms with E-state index in [0.29, 0.717) is 12.8 Å². The number of aromatic nitrogens is 4. The van der Waals surface area contributed by atoms with Gasteiger partial charge in [-0.15, -0.1) is 0 Å². The summed E-state index contributed by atoms with van der Waals surface area (Å²) >= 11 is 0. The molecule has 0 bridgehead atoms. The van der Waals surface area contributed by atoms with Crippen LogP contribution in [-0.4, -0.2) is 64.0 Å². The molecule has 3 heterocycles. The number of hydrogen-bond acceptors (Lipinski definition) is 8. The third-order valence-corrected chi connectivity index (χ3v) is 5.15. The minimum atomic E-state index is -4.06. The molecule has 0 aliphatic carbocycles. The molecule has 13 heteroatoms. The fourth-order valence-corrected chi connectivity index (χ4v) is 3.63. The maximum absolute atomic E-state index is 11.8. The summed E-state index contributed by atoms with van der Waals surface area (Å²) in [4.78, 5) is 39.8. The second-order valence-electron chi connectivity index (χ2n) is 6.21. The van der Waals surface area contributed by atoms with E-state index in [-0.39, 0.29) is 29.7 Å². The number of hydrogen-bond donors (Lipinski definition) is 6. The van der Waals surface area contributed by atoms with Crippen LogP contribution in [-0.2, 0) is 9.30 Å². The van der Waals surface area contributed by atoms with Crippen molar-refractivity contribution in [3.05, 3.63) is 16.7 Å². The van der Waals surface area contributed by atoms with Gasteiger partial charge >= 0.3 is 7.60 Å². The van der Waals surface area contributed by atoms with Crippen molar-refractivity contribution in [1.82, 2.24) is 19.5 Å². The van der Waals surface area contributed by atoms with E-state index in [4.69, 9.17) is 20.3 Å². The maximum Gasteiger partial charge on any atom is 0.325 e. The largest absolute Gasteiger partial charge is 0.388 e. The van der Waals surface area contributed by atoms with Crippen molar-refractivity contribution >= 4 is 24.7 Å². The number of nitrogen functional groups attached to an aromatic ring is 1. The predicted octanol–water partition coefficient (Wildman–Crippen LogP) is -1.33. The molecule has 2 aromatic heterocycles. The maximum atomic E-state index is 11.8. The molecule has 0 aromatic carbocycles. The highest BCUT2D eigenvalue weighted by Crippen LogP contribution is 2.37. The lowest BCUT2D eigenvalue weighted by molar-refractivity contribution is -0.0373. The molecule has 12 nitrogen and oxygen atoms in total. The third kappa shape index (κ3) is 3.80. The Labute approximate surface area is 146 Å². The number of fused-ring (bicyclic) bond motifs is 1.